The Morgan fingerprint density at radius 3 is 2.33 bits per heavy atom. The molecule has 1 heteroatoms. The summed E-state index contributed by atoms with van der Waals surface area (Å²) in [5.41, 5.74) is 2.51. The molecule has 0 saturated heterocycles. The Morgan fingerprint density at radius 1 is 1.42 bits per heavy atom. The molecule has 0 N–H and O–H groups in total. The van der Waals surface area contributed by atoms with Crippen LogP contribution in [0.1, 0.15) is 33.6 Å². The predicted octanol–water partition coefficient (Wildman–Crippen LogP) is 4.43. The third-order valence-corrected chi connectivity index (χ3v) is 2.17. The van der Waals surface area contributed by atoms with Crippen molar-refractivity contribution in [1.82, 2.24) is 0 Å². The van der Waals surface area contributed by atoms with E-state index in [1.54, 1.807) is 0 Å². The van der Waals surface area contributed by atoms with Gasteiger partial charge in [0.1, 0.15) is 0 Å². The number of rotatable bonds is 4. The van der Waals surface area contributed by atoms with Crippen LogP contribution < -0.4 is 0 Å². The van der Waals surface area contributed by atoms with Gasteiger partial charge in [0.2, 0.25) is 0 Å². The molecule has 0 saturated carbocycles. The van der Waals surface area contributed by atoms with E-state index in [2.05, 4.69) is 19.6 Å². The zero-order chi connectivity index (χ0) is 9.56. The molecule has 0 aliphatic heterocycles. The minimum absolute atomic E-state index is 0.922. The molecule has 12 heavy (non-hydrogen) atoms. The molecular formula is C11H17Cl. The first kappa shape index (κ1) is 11.5. The van der Waals surface area contributed by atoms with E-state index < -0.39 is 0 Å². The zero-order valence-corrected chi connectivity index (χ0v) is 8.91. The Labute approximate surface area is 80.6 Å². The lowest BCUT2D eigenvalue weighted by atomic mass is 10.1. The molecule has 0 heterocycles. The van der Waals surface area contributed by atoms with E-state index in [-0.39, 0.29) is 0 Å². The maximum atomic E-state index is 5.90. The van der Waals surface area contributed by atoms with Gasteiger partial charge in [-0.3, -0.25) is 0 Å². The summed E-state index contributed by atoms with van der Waals surface area (Å²) in [5.74, 6) is 0. The minimum Gasteiger partial charge on any atom is -0.0988 e. The molecule has 0 amide bonds. The molecule has 0 spiro atoms. The molecule has 0 nitrogen and oxygen atoms in total. The lowest BCUT2D eigenvalue weighted by Gasteiger charge is -2.02. The van der Waals surface area contributed by atoms with Crippen molar-refractivity contribution in [3.05, 3.63) is 34.9 Å². The van der Waals surface area contributed by atoms with E-state index in [0.717, 1.165) is 17.9 Å². The second kappa shape index (κ2) is 6.07. The standard InChI is InChI=1S/C11H17Cl/c1-5-9(3)7-8-11(6-2)10(4)12/h5,7H,1,6,8H2,2-4H3/b9-7-,11-10+. The Morgan fingerprint density at radius 2 is 2.00 bits per heavy atom. The third kappa shape index (κ3) is 4.40. The monoisotopic (exact) mass is 184 g/mol. The van der Waals surface area contributed by atoms with Crippen molar-refractivity contribution in [3.8, 4) is 0 Å². The highest BCUT2D eigenvalue weighted by atomic mass is 35.5. The van der Waals surface area contributed by atoms with Gasteiger partial charge in [-0.1, -0.05) is 48.4 Å². The fourth-order valence-electron chi connectivity index (χ4n) is 0.896. The molecule has 0 aliphatic rings. The summed E-state index contributed by atoms with van der Waals surface area (Å²) in [4.78, 5) is 0. The number of hydrogen-bond donors (Lipinski definition) is 0. The van der Waals surface area contributed by atoms with Crippen molar-refractivity contribution in [2.75, 3.05) is 0 Å². The normalized spacial score (nSPS) is 14.2. The molecule has 0 bridgehead atoms. The van der Waals surface area contributed by atoms with Gasteiger partial charge >= 0.3 is 0 Å². The maximum Gasteiger partial charge on any atom is 0.0145 e. The average Bonchev–Trinajstić information content (AvgIpc) is 2.04. The number of hydrogen-bond acceptors (Lipinski definition) is 0. The van der Waals surface area contributed by atoms with Gasteiger partial charge in [-0.2, -0.15) is 0 Å². The van der Waals surface area contributed by atoms with Crippen LogP contribution in [-0.4, -0.2) is 0 Å². The van der Waals surface area contributed by atoms with E-state index >= 15 is 0 Å². The molecule has 0 atom stereocenters. The van der Waals surface area contributed by atoms with Crippen LogP contribution in [-0.2, 0) is 0 Å². The van der Waals surface area contributed by atoms with Crippen LogP contribution in [0.25, 0.3) is 0 Å². The topological polar surface area (TPSA) is 0 Å². The summed E-state index contributed by atoms with van der Waals surface area (Å²) in [6.07, 6.45) is 5.98. The molecule has 0 rings (SSSR count). The van der Waals surface area contributed by atoms with Crippen molar-refractivity contribution >= 4 is 11.6 Å². The lowest BCUT2D eigenvalue weighted by Crippen LogP contribution is -1.81. The van der Waals surface area contributed by atoms with Crippen LogP contribution in [0, 0.1) is 0 Å². The predicted molar refractivity (Wildman–Crippen MR) is 57.4 cm³/mol. The fraction of sp³-hybridized carbons (Fsp3) is 0.455. The summed E-state index contributed by atoms with van der Waals surface area (Å²) in [6.45, 7) is 9.80. The van der Waals surface area contributed by atoms with Crippen LogP contribution in [0.5, 0.6) is 0 Å². The molecule has 0 radical (unpaired) electrons. The number of halogens is 1. The quantitative estimate of drug-likeness (QED) is 0.567. The number of allylic oxidation sites excluding steroid dienone is 5. The Balaban J connectivity index is 4.25. The van der Waals surface area contributed by atoms with Crippen molar-refractivity contribution in [2.45, 2.75) is 33.6 Å². The van der Waals surface area contributed by atoms with Crippen molar-refractivity contribution in [3.63, 3.8) is 0 Å². The smallest absolute Gasteiger partial charge is 0.0145 e. The zero-order valence-electron chi connectivity index (χ0n) is 8.15. The molecular weight excluding hydrogens is 168 g/mol. The minimum atomic E-state index is 0.922. The highest BCUT2D eigenvalue weighted by Crippen LogP contribution is 2.17. The van der Waals surface area contributed by atoms with Crippen molar-refractivity contribution < 1.29 is 0 Å². The second-order valence-corrected chi connectivity index (χ2v) is 3.41. The summed E-state index contributed by atoms with van der Waals surface area (Å²) in [6, 6.07) is 0. The van der Waals surface area contributed by atoms with Crippen LogP contribution in [0.3, 0.4) is 0 Å². The maximum absolute atomic E-state index is 5.90. The van der Waals surface area contributed by atoms with Crippen LogP contribution in [0.4, 0.5) is 0 Å². The Hall–Kier alpha value is -0.490. The van der Waals surface area contributed by atoms with E-state index in [1.807, 2.05) is 19.9 Å². The van der Waals surface area contributed by atoms with Gasteiger partial charge in [0.25, 0.3) is 0 Å². The van der Waals surface area contributed by atoms with E-state index in [9.17, 15) is 0 Å². The van der Waals surface area contributed by atoms with E-state index in [4.69, 9.17) is 11.6 Å². The van der Waals surface area contributed by atoms with Gasteiger partial charge in [0.05, 0.1) is 0 Å². The molecule has 68 valence electrons. The van der Waals surface area contributed by atoms with Gasteiger partial charge in [0, 0.05) is 5.03 Å². The van der Waals surface area contributed by atoms with Crippen molar-refractivity contribution in [2.24, 2.45) is 0 Å². The molecule has 0 aromatic heterocycles. The molecule has 0 fully saturated rings. The SMILES string of the molecule is C=C/C(C)=C\C/C(CC)=C(\C)Cl. The highest BCUT2D eigenvalue weighted by molar-refractivity contribution is 6.29. The van der Waals surface area contributed by atoms with Gasteiger partial charge < -0.3 is 0 Å². The Kier molecular flexibility index (Phi) is 5.83. The largest absolute Gasteiger partial charge is 0.0988 e. The first-order valence-corrected chi connectivity index (χ1v) is 4.63. The summed E-state index contributed by atoms with van der Waals surface area (Å²) >= 11 is 5.90. The lowest BCUT2D eigenvalue weighted by molar-refractivity contribution is 1.01. The highest BCUT2D eigenvalue weighted by Gasteiger charge is 1.95. The van der Waals surface area contributed by atoms with Crippen molar-refractivity contribution in [1.29, 1.82) is 0 Å². The fourth-order valence-corrected chi connectivity index (χ4v) is 1.11. The molecule has 0 aliphatic carbocycles. The molecule has 0 aromatic rings. The average molecular weight is 185 g/mol. The summed E-state index contributed by atoms with van der Waals surface area (Å²) < 4.78 is 0. The van der Waals surface area contributed by atoms with E-state index in [1.165, 1.54) is 11.1 Å². The van der Waals surface area contributed by atoms with Crippen LogP contribution in [0.15, 0.2) is 34.9 Å². The second-order valence-electron chi connectivity index (χ2n) is 2.85. The first-order valence-electron chi connectivity index (χ1n) is 4.25. The van der Waals surface area contributed by atoms with E-state index in [0.29, 0.717) is 0 Å². The van der Waals surface area contributed by atoms with Gasteiger partial charge in [-0.05, 0) is 26.7 Å². The molecule has 0 aromatic carbocycles. The molecule has 0 unspecified atom stereocenters. The van der Waals surface area contributed by atoms with Crippen LogP contribution in [0.2, 0.25) is 0 Å². The summed E-state index contributed by atoms with van der Waals surface area (Å²) in [7, 11) is 0. The first-order chi connectivity index (χ1) is 5.61. The third-order valence-electron chi connectivity index (χ3n) is 1.91. The Bertz CT molecular complexity index is 205. The van der Waals surface area contributed by atoms with Gasteiger partial charge in [-0.25, -0.2) is 0 Å². The summed E-state index contributed by atoms with van der Waals surface area (Å²) in [5, 5.41) is 0.922. The van der Waals surface area contributed by atoms with Crippen LogP contribution >= 0.6 is 11.6 Å². The van der Waals surface area contributed by atoms with Gasteiger partial charge in [0.15, 0.2) is 0 Å². The van der Waals surface area contributed by atoms with Gasteiger partial charge in [-0.15, -0.1) is 0 Å².